The third-order valence-electron chi connectivity index (χ3n) is 5.55. The van der Waals surface area contributed by atoms with Gasteiger partial charge < -0.3 is 9.80 Å². The minimum Gasteiger partial charge on any atom is -0.372 e. The van der Waals surface area contributed by atoms with E-state index in [1.165, 1.54) is 43.6 Å². The van der Waals surface area contributed by atoms with Crippen molar-refractivity contribution in [2.24, 2.45) is 7.05 Å². The van der Waals surface area contributed by atoms with Crippen molar-refractivity contribution < 1.29 is 0 Å². The van der Waals surface area contributed by atoms with Gasteiger partial charge in [-0.1, -0.05) is 25.5 Å². The maximum absolute atomic E-state index is 4.82. The molecular weight excluding hydrogens is 348 g/mol. The second-order valence-electron chi connectivity index (χ2n) is 7.79. The summed E-state index contributed by atoms with van der Waals surface area (Å²) >= 11 is 0. The van der Waals surface area contributed by atoms with Crippen LogP contribution in [0.1, 0.15) is 43.9 Å². The van der Waals surface area contributed by atoms with E-state index in [2.05, 4.69) is 58.1 Å². The molecule has 0 unspecified atom stereocenters. The predicted octanol–water partition coefficient (Wildman–Crippen LogP) is 3.94. The number of anilines is 2. The molecule has 0 aliphatic carbocycles. The Morgan fingerprint density at radius 2 is 1.82 bits per heavy atom. The number of benzene rings is 1. The van der Waals surface area contributed by atoms with E-state index >= 15 is 0 Å². The molecular formula is C22H30N6. The zero-order valence-corrected chi connectivity index (χ0v) is 17.2. The van der Waals surface area contributed by atoms with Crippen molar-refractivity contribution in [2.45, 2.75) is 45.6 Å². The van der Waals surface area contributed by atoms with Gasteiger partial charge in [0.1, 0.15) is 11.0 Å². The van der Waals surface area contributed by atoms with Crippen LogP contribution in [0.5, 0.6) is 0 Å². The Kier molecular flexibility index (Phi) is 5.46. The van der Waals surface area contributed by atoms with Crippen molar-refractivity contribution in [3.8, 4) is 0 Å². The van der Waals surface area contributed by atoms with E-state index in [-0.39, 0.29) is 0 Å². The van der Waals surface area contributed by atoms with Crippen LogP contribution >= 0.6 is 0 Å². The predicted molar refractivity (Wildman–Crippen MR) is 115 cm³/mol. The van der Waals surface area contributed by atoms with Crippen LogP contribution in [0.2, 0.25) is 0 Å². The first-order valence-electron chi connectivity index (χ1n) is 10.4. The van der Waals surface area contributed by atoms with Gasteiger partial charge in [0.15, 0.2) is 0 Å². The third-order valence-corrected chi connectivity index (χ3v) is 5.55. The summed E-state index contributed by atoms with van der Waals surface area (Å²) in [6, 6.07) is 8.95. The number of rotatable bonds is 6. The van der Waals surface area contributed by atoms with Crippen molar-refractivity contribution >= 4 is 22.7 Å². The monoisotopic (exact) mass is 378 g/mol. The van der Waals surface area contributed by atoms with Crippen molar-refractivity contribution in [1.82, 2.24) is 19.7 Å². The lowest BCUT2D eigenvalue weighted by Gasteiger charge is -2.29. The summed E-state index contributed by atoms with van der Waals surface area (Å²) in [5, 5.41) is 4.61. The van der Waals surface area contributed by atoms with Crippen LogP contribution in [-0.4, -0.2) is 39.9 Å². The molecule has 2 aromatic heterocycles. The van der Waals surface area contributed by atoms with Gasteiger partial charge in [-0.25, -0.2) is 9.97 Å². The fourth-order valence-corrected chi connectivity index (χ4v) is 4.00. The molecule has 1 saturated heterocycles. The molecule has 0 spiro atoms. The van der Waals surface area contributed by atoms with Gasteiger partial charge in [-0.3, -0.25) is 4.68 Å². The van der Waals surface area contributed by atoms with Crippen molar-refractivity contribution in [3.63, 3.8) is 0 Å². The molecule has 3 heterocycles. The van der Waals surface area contributed by atoms with Crippen LogP contribution in [0.15, 0.2) is 30.5 Å². The van der Waals surface area contributed by atoms with Gasteiger partial charge in [0.05, 0.1) is 11.9 Å². The van der Waals surface area contributed by atoms with E-state index in [1.54, 1.807) is 0 Å². The van der Waals surface area contributed by atoms with Gasteiger partial charge in [-0.05, 0) is 43.4 Å². The highest BCUT2D eigenvalue weighted by atomic mass is 15.3. The molecule has 4 rings (SSSR count). The number of aromatic nitrogens is 4. The summed E-state index contributed by atoms with van der Waals surface area (Å²) in [6.45, 7) is 5.31. The Morgan fingerprint density at radius 1 is 1.07 bits per heavy atom. The maximum Gasteiger partial charge on any atom is 0.226 e. The van der Waals surface area contributed by atoms with E-state index < -0.39 is 0 Å². The zero-order chi connectivity index (χ0) is 19.5. The fraction of sp³-hybridized carbons (Fsp3) is 0.500. The SMILES string of the molecule is CCCc1nn(C)c2cnc(N(C)Cc3ccc(N4CCCCC4)cc3)nc12. The van der Waals surface area contributed by atoms with Crippen molar-refractivity contribution in [1.29, 1.82) is 0 Å². The van der Waals surface area contributed by atoms with Crippen LogP contribution in [0.25, 0.3) is 11.0 Å². The van der Waals surface area contributed by atoms with Gasteiger partial charge in [-0.15, -0.1) is 0 Å². The molecule has 1 aliphatic heterocycles. The minimum absolute atomic E-state index is 0.748. The summed E-state index contributed by atoms with van der Waals surface area (Å²) in [7, 11) is 4.01. The van der Waals surface area contributed by atoms with Crippen LogP contribution < -0.4 is 9.80 Å². The van der Waals surface area contributed by atoms with E-state index in [9.17, 15) is 0 Å². The molecule has 1 aromatic carbocycles. The standard InChI is InChI=1S/C22H30N6/c1-4-8-19-21-20(27(3)25-19)15-23-22(24-21)26(2)16-17-9-11-18(12-10-17)28-13-6-5-7-14-28/h9-12,15H,4-8,13-14,16H2,1-3H3. The Bertz CT molecular complexity index is 924. The van der Waals surface area contributed by atoms with Gasteiger partial charge in [0, 0.05) is 39.4 Å². The Morgan fingerprint density at radius 3 is 2.54 bits per heavy atom. The summed E-state index contributed by atoms with van der Waals surface area (Å²) in [5.41, 5.74) is 5.63. The van der Waals surface area contributed by atoms with Crippen LogP contribution in [0, 0.1) is 0 Å². The smallest absolute Gasteiger partial charge is 0.226 e. The van der Waals surface area contributed by atoms with Crippen LogP contribution in [-0.2, 0) is 20.0 Å². The molecule has 0 saturated carbocycles. The number of aryl methyl sites for hydroxylation is 2. The fourth-order valence-electron chi connectivity index (χ4n) is 4.00. The molecule has 1 fully saturated rings. The summed E-state index contributed by atoms with van der Waals surface area (Å²) in [6.07, 6.45) is 7.86. The first-order valence-corrected chi connectivity index (χ1v) is 10.4. The number of piperidine rings is 1. The second-order valence-corrected chi connectivity index (χ2v) is 7.79. The van der Waals surface area contributed by atoms with Gasteiger partial charge in [-0.2, -0.15) is 5.10 Å². The minimum atomic E-state index is 0.748. The van der Waals surface area contributed by atoms with Crippen LogP contribution in [0.3, 0.4) is 0 Å². The van der Waals surface area contributed by atoms with Gasteiger partial charge >= 0.3 is 0 Å². The molecule has 6 heteroatoms. The van der Waals surface area contributed by atoms with E-state index in [0.29, 0.717) is 0 Å². The molecule has 6 nitrogen and oxygen atoms in total. The Balaban J connectivity index is 1.49. The molecule has 28 heavy (non-hydrogen) atoms. The molecule has 0 amide bonds. The third kappa shape index (κ3) is 3.81. The highest BCUT2D eigenvalue weighted by molar-refractivity contribution is 5.78. The molecule has 0 N–H and O–H groups in total. The quantitative estimate of drug-likeness (QED) is 0.650. The highest BCUT2D eigenvalue weighted by Crippen LogP contribution is 2.22. The first kappa shape index (κ1) is 18.7. The second kappa shape index (κ2) is 8.17. The average molecular weight is 379 g/mol. The Labute approximate surface area is 167 Å². The number of hydrogen-bond acceptors (Lipinski definition) is 5. The largest absolute Gasteiger partial charge is 0.372 e. The van der Waals surface area contributed by atoms with Gasteiger partial charge in [0.2, 0.25) is 5.95 Å². The lowest BCUT2D eigenvalue weighted by molar-refractivity contribution is 0.578. The van der Waals surface area contributed by atoms with E-state index in [1.807, 2.05) is 17.9 Å². The first-order chi connectivity index (χ1) is 13.7. The molecule has 1 aliphatic rings. The zero-order valence-electron chi connectivity index (χ0n) is 17.2. The van der Waals surface area contributed by atoms with Crippen molar-refractivity contribution in [3.05, 3.63) is 41.7 Å². The molecule has 148 valence electrons. The highest BCUT2D eigenvalue weighted by Gasteiger charge is 2.14. The number of nitrogens with zero attached hydrogens (tertiary/aromatic N) is 6. The number of hydrogen-bond donors (Lipinski definition) is 0. The molecule has 0 radical (unpaired) electrons. The Hall–Kier alpha value is -2.63. The van der Waals surface area contributed by atoms with E-state index in [4.69, 9.17) is 4.98 Å². The molecule has 3 aromatic rings. The summed E-state index contributed by atoms with van der Waals surface area (Å²) < 4.78 is 1.88. The maximum atomic E-state index is 4.82. The van der Waals surface area contributed by atoms with Crippen LogP contribution in [0.4, 0.5) is 11.6 Å². The summed E-state index contributed by atoms with van der Waals surface area (Å²) in [5.74, 6) is 0.748. The topological polar surface area (TPSA) is 50.1 Å². The summed E-state index contributed by atoms with van der Waals surface area (Å²) in [4.78, 5) is 14.0. The normalized spacial score (nSPS) is 14.6. The lowest BCUT2D eigenvalue weighted by Crippen LogP contribution is -2.29. The molecule has 0 bridgehead atoms. The number of fused-ring (bicyclic) bond motifs is 1. The lowest BCUT2D eigenvalue weighted by atomic mass is 10.1. The average Bonchev–Trinajstić information content (AvgIpc) is 3.04. The van der Waals surface area contributed by atoms with Gasteiger partial charge in [0.25, 0.3) is 0 Å². The van der Waals surface area contributed by atoms with Crippen molar-refractivity contribution in [2.75, 3.05) is 29.9 Å². The van der Waals surface area contributed by atoms with E-state index in [0.717, 1.165) is 42.1 Å². The molecule has 0 atom stereocenters.